The van der Waals surface area contributed by atoms with E-state index in [1.54, 1.807) is 18.2 Å². The first-order chi connectivity index (χ1) is 16.4. The summed E-state index contributed by atoms with van der Waals surface area (Å²) in [5, 5.41) is 11.7. The number of nitrogens with zero attached hydrogens (tertiary/aromatic N) is 1. The summed E-state index contributed by atoms with van der Waals surface area (Å²) < 4.78 is 5.89. The van der Waals surface area contributed by atoms with Crippen LogP contribution in [0.15, 0.2) is 42.5 Å². The summed E-state index contributed by atoms with van der Waals surface area (Å²) in [5.74, 6) is 1.53. The van der Waals surface area contributed by atoms with Gasteiger partial charge in [-0.1, -0.05) is 35.3 Å². The Morgan fingerprint density at radius 2 is 1.65 bits per heavy atom. The Balaban J connectivity index is 1.08. The number of ketones is 1. The van der Waals surface area contributed by atoms with Gasteiger partial charge in [-0.15, -0.1) is 0 Å². The van der Waals surface area contributed by atoms with E-state index in [4.69, 9.17) is 27.9 Å². The molecule has 0 radical (unpaired) electrons. The van der Waals surface area contributed by atoms with Gasteiger partial charge in [0, 0.05) is 53.4 Å². The first kappa shape index (κ1) is 23.7. The van der Waals surface area contributed by atoms with Crippen molar-refractivity contribution in [3.05, 3.63) is 63.6 Å². The molecule has 1 N–H and O–H groups in total. The molecule has 0 unspecified atom stereocenters. The maximum atomic E-state index is 12.9. The smallest absolute Gasteiger partial charge is 0.225 e. The van der Waals surface area contributed by atoms with Gasteiger partial charge in [-0.25, -0.2) is 0 Å². The highest BCUT2D eigenvalue weighted by Crippen LogP contribution is 2.39. The molecule has 180 valence electrons. The number of aliphatic hydroxyl groups excluding tert-OH is 1. The van der Waals surface area contributed by atoms with E-state index in [1.807, 2.05) is 29.2 Å². The monoisotopic (exact) mass is 501 g/mol. The Hall–Kier alpha value is -2.08. The second kappa shape index (κ2) is 9.88. The largest absolute Gasteiger partial charge is 0.482 e. The third-order valence-electron chi connectivity index (χ3n) is 7.62. The van der Waals surface area contributed by atoms with Crippen molar-refractivity contribution < 1.29 is 19.4 Å². The van der Waals surface area contributed by atoms with Gasteiger partial charge in [0.05, 0.1) is 6.10 Å². The van der Waals surface area contributed by atoms with Gasteiger partial charge >= 0.3 is 0 Å². The van der Waals surface area contributed by atoms with Crippen LogP contribution in [0.1, 0.15) is 61.7 Å². The zero-order valence-electron chi connectivity index (χ0n) is 19.0. The number of amides is 1. The van der Waals surface area contributed by atoms with Crippen LogP contribution < -0.4 is 4.74 Å². The van der Waals surface area contributed by atoms with Crippen LogP contribution in [0, 0.1) is 11.8 Å². The molecule has 1 aliphatic carbocycles. The molecule has 2 aromatic carbocycles. The van der Waals surface area contributed by atoms with Gasteiger partial charge in [-0.3, -0.25) is 9.59 Å². The number of rotatable bonds is 5. The predicted octanol–water partition coefficient (Wildman–Crippen LogP) is 5.57. The SMILES string of the molecule is O=C(CC1CCC(C(=O)N2CC(c3ccc(Cl)cc3)C2)CC1)[C@@H]1C[C@@H](O)c2cc(Cl)ccc2O1. The van der Waals surface area contributed by atoms with Crippen molar-refractivity contribution in [2.45, 2.75) is 56.7 Å². The van der Waals surface area contributed by atoms with Gasteiger partial charge in [0.1, 0.15) is 5.75 Å². The minimum atomic E-state index is -0.752. The minimum absolute atomic E-state index is 0.0305. The van der Waals surface area contributed by atoms with E-state index < -0.39 is 12.2 Å². The van der Waals surface area contributed by atoms with E-state index in [-0.39, 0.29) is 29.9 Å². The fourth-order valence-corrected chi connectivity index (χ4v) is 5.81. The number of carbonyl (C=O) groups is 2. The quantitative estimate of drug-likeness (QED) is 0.581. The highest BCUT2D eigenvalue weighted by molar-refractivity contribution is 6.30. The van der Waals surface area contributed by atoms with E-state index >= 15 is 0 Å². The molecule has 7 heteroatoms. The van der Waals surface area contributed by atoms with Gasteiger partial charge in [0.25, 0.3) is 0 Å². The van der Waals surface area contributed by atoms with Crippen molar-refractivity contribution in [3.8, 4) is 5.75 Å². The van der Waals surface area contributed by atoms with Gasteiger partial charge in [0.2, 0.25) is 5.91 Å². The summed E-state index contributed by atoms with van der Waals surface area (Å²) in [6.07, 6.45) is 2.71. The minimum Gasteiger partial charge on any atom is -0.482 e. The molecule has 5 rings (SSSR count). The number of Topliss-reactive ketones (excluding diaryl/α,β-unsaturated/α-hetero) is 1. The molecule has 2 heterocycles. The number of carbonyl (C=O) groups excluding carboxylic acids is 2. The van der Waals surface area contributed by atoms with Crippen LogP contribution in [0.3, 0.4) is 0 Å². The lowest BCUT2D eigenvalue weighted by Crippen LogP contribution is -2.51. The molecular weight excluding hydrogens is 473 g/mol. The number of halogens is 2. The van der Waals surface area contributed by atoms with E-state index in [9.17, 15) is 14.7 Å². The molecule has 2 fully saturated rings. The number of hydrogen-bond acceptors (Lipinski definition) is 4. The lowest BCUT2D eigenvalue weighted by molar-refractivity contribution is -0.141. The predicted molar refractivity (Wildman–Crippen MR) is 131 cm³/mol. The number of benzene rings is 2. The molecular formula is C27H29Cl2NO4. The summed E-state index contributed by atoms with van der Waals surface area (Å²) in [7, 11) is 0. The topological polar surface area (TPSA) is 66.8 Å². The molecule has 0 aromatic heterocycles. The fourth-order valence-electron chi connectivity index (χ4n) is 5.51. The van der Waals surface area contributed by atoms with Crippen molar-refractivity contribution in [1.29, 1.82) is 0 Å². The zero-order chi connectivity index (χ0) is 23.8. The van der Waals surface area contributed by atoms with Crippen molar-refractivity contribution >= 4 is 34.9 Å². The molecule has 2 aliphatic heterocycles. The summed E-state index contributed by atoms with van der Waals surface area (Å²) >= 11 is 12.0. The Morgan fingerprint density at radius 1 is 0.971 bits per heavy atom. The number of ether oxygens (including phenoxy) is 1. The molecule has 0 bridgehead atoms. The van der Waals surface area contributed by atoms with Gasteiger partial charge in [0.15, 0.2) is 11.9 Å². The van der Waals surface area contributed by atoms with Crippen molar-refractivity contribution in [1.82, 2.24) is 4.90 Å². The summed E-state index contributed by atoms with van der Waals surface area (Å²) in [6, 6.07) is 13.0. The van der Waals surface area contributed by atoms with E-state index in [0.717, 1.165) is 43.8 Å². The Kier molecular flexibility index (Phi) is 6.88. The van der Waals surface area contributed by atoms with Crippen LogP contribution in [-0.4, -0.2) is 40.9 Å². The number of fused-ring (bicyclic) bond motifs is 1. The molecule has 3 aliphatic rings. The summed E-state index contributed by atoms with van der Waals surface area (Å²) in [5.41, 5.74) is 1.87. The fraction of sp³-hybridized carbons (Fsp3) is 0.481. The molecule has 2 atom stereocenters. The van der Waals surface area contributed by atoms with Crippen molar-refractivity contribution in [3.63, 3.8) is 0 Å². The zero-order valence-corrected chi connectivity index (χ0v) is 20.5. The Labute approximate surface area is 210 Å². The first-order valence-corrected chi connectivity index (χ1v) is 12.8. The average molecular weight is 502 g/mol. The molecule has 1 saturated heterocycles. The Bertz CT molecular complexity index is 1060. The maximum Gasteiger partial charge on any atom is 0.225 e. The third kappa shape index (κ3) is 4.98. The first-order valence-electron chi connectivity index (χ1n) is 12.1. The standard InChI is InChI=1S/C27H29Cl2NO4/c28-20-7-5-17(6-8-20)19-14-30(15-19)27(33)18-3-1-16(2-4-18)11-24(32)26-13-23(31)22-12-21(29)9-10-25(22)34-26/h5-10,12,16,18-19,23,26,31H,1-4,11,13-15H2/t16?,18?,23-,26+/m1/s1. The molecule has 2 aromatic rings. The van der Waals surface area contributed by atoms with Crippen LogP contribution >= 0.6 is 23.2 Å². The third-order valence-corrected chi connectivity index (χ3v) is 8.10. The normalized spacial score (nSPS) is 26.9. The van der Waals surface area contributed by atoms with Gasteiger partial charge in [-0.2, -0.15) is 0 Å². The van der Waals surface area contributed by atoms with Gasteiger partial charge < -0.3 is 14.7 Å². The lowest BCUT2D eigenvalue weighted by Gasteiger charge is -2.42. The van der Waals surface area contributed by atoms with Crippen LogP contribution in [0.4, 0.5) is 0 Å². The van der Waals surface area contributed by atoms with Crippen LogP contribution in [0.25, 0.3) is 0 Å². The lowest BCUT2D eigenvalue weighted by atomic mass is 9.77. The van der Waals surface area contributed by atoms with Crippen molar-refractivity contribution in [2.24, 2.45) is 11.8 Å². The second-order valence-corrected chi connectivity index (χ2v) is 10.8. The van der Waals surface area contributed by atoms with Gasteiger partial charge in [-0.05, 0) is 67.5 Å². The van der Waals surface area contributed by atoms with Crippen LogP contribution in [0.2, 0.25) is 10.0 Å². The highest BCUT2D eigenvalue weighted by atomic mass is 35.5. The number of hydrogen-bond donors (Lipinski definition) is 1. The van der Waals surface area contributed by atoms with Crippen LogP contribution in [0.5, 0.6) is 5.75 Å². The van der Waals surface area contributed by atoms with E-state index in [2.05, 4.69) is 0 Å². The molecule has 1 saturated carbocycles. The number of likely N-dealkylation sites (tertiary alicyclic amines) is 1. The molecule has 5 nitrogen and oxygen atoms in total. The highest BCUT2D eigenvalue weighted by Gasteiger charge is 2.38. The molecule has 1 amide bonds. The Morgan fingerprint density at radius 3 is 2.35 bits per heavy atom. The maximum absolute atomic E-state index is 12.9. The summed E-state index contributed by atoms with van der Waals surface area (Å²) in [4.78, 5) is 27.8. The molecule has 0 spiro atoms. The van der Waals surface area contributed by atoms with E-state index in [0.29, 0.717) is 28.7 Å². The second-order valence-electron chi connectivity index (χ2n) is 9.92. The number of aliphatic hydroxyl groups is 1. The van der Waals surface area contributed by atoms with E-state index in [1.165, 1.54) is 5.56 Å². The summed E-state index contributed by atoms with van der Waals surface area (Å²) in [6.45, 7) is 1.54. The van der Waals surface area contributed by atoms with Crippen LogP contribution in [-0.2, 0) is 9.59 Å². The molecule has 34 heavy (non-hydrogen) atoms. The van der Waals surface area contributed by atoms with Crippen molar-refractivity contribution in [2.75, 3.05) is 13.1 Å². The average Bonchev–Trinajstić information content (AvgIpc) is 2.80.